The molecule has 0 saturated heterocycles. The Hall–Kier alpha value is -2.39. The van der Waals surface area contributed by atoms with Crippen LogP contribution in [0.3, 0.4) is 0 Å². The molecule has 4 rings (SSSR count). The summed E-state index contributed by atoms with van der Waals surface area (Å²) in [5.74, 6) is 1.01. The summed E-state index contributed by atoms with van der Waals surface area (Å²) < 4.78 is 5.93. The van der Waals surface area contributed by atoms with Gasteiger partial charge in [0.2, 0.25) is 0 Å². The van der Waals surface area contributed by atoms with Crippen LogP contribution in [-0.4, -0.2) is 16.6 Å². The van der Waals surface area contributed by atoms with Crippen LogP contribution in [0.2, 0.25) is 0 Å². The van der Waals surface area contributed by atoms with Gasteiger partial charge in [-0.25, -0.2) is 0 Å². The molecule has 104 valence electrons. The summed E-state index contributed by atoms with van der Waals surface area (Å²) in [4.78, 5) is 6.38. The molecule has 0 unspecified atom stereocenters. The second kappa shape index (κ2) is 5.19. The minimum atomic E-state index is 0.633. The standard InChI is InChI=1S/C18H16N2O/c1-2-4-16-15(3-1)5-6-18-17(16)12-20(13-21-18)11-14-7-9-19-10-8-14/h1-10H,11-13H2. The summed E-state index contributed by atoms with van der Waals surface area (Å²) in [5.41, 5.74) is 2.55. The lowest BCUT2D eigenvalue weighted by Gasteiger charge is -2.29. The summed E-state index contributed by atoms with van der Waals surface area (Å²) in [6.07, 6.45) is 3.67. The van der Waals surface area contributed by atoms with Gasteiger partial charge in [-0.3, -0.25) is 9.88 Å². The average Bonchev–Trinajstić information content (AvgIpc) is 2.56. The van der Waals surface area contributed by atoms with Crippen LogP contribution < -0.4 is 4.74 Å². The molecule has 0 spiro atoms. The third-order valence-corrected chi connectivity index (χ3v) is 3.94. The van der Waals surface area contributed by atoms with Gasteiger partial charge in [0.15, 0.2) is 0 Å². The highest BCUT2D eigenvalue weighted by molar-refractivity contribution is 5.87. The van der Waals surface area contributed by atoms with Crippen LogP contribution in [0.25, 0.3) is 10.8 Å². The van der Waals surface area contributed by atoms with Gasteiger partial charge in [0.25, 0.3) is 0 Å². The van der Waals surface area contributed by atoms with Crippen molar-refractivity contribution in [3.05, 3.63) is 72.1 Å². The minimum Gasteiger partial charge on any atom is -0.478 e. The van der Waals surface area contributed by atoms with E-state index in [1.54, 1.807) is 0 Å². The number of aromatic nitrogens is 1. The molecule has 3 aromatic rings. The molecule has 1 aliphatic rings. The maximum Gasteiger partial charge on any atom is 0.142 e. The Morgan fingerprint density at radius 1 is 1.00 bits per heavy atom. The normalized spacial score (nSPS) is 14.7. The predicted molar refractivity (Wildman–Crippen MR) is 82.9 cm³/mol. The lowest BCUT2D eigenvalue weighted by atomic mass is 10.0. The molecule has 0 fully saturated rings. The zero-order valence-electron chi connectivity index (χ0n) is 11.7. The topological polar surface area (TPSA) is 25.4 Å². The molecule has 0 atom stereocenters. The molecule has 3 nitrogen and oxygen atoms in total. The molecule has 0 N–H and O–H groups in total. The Balaban J connectivity index is 1.66. The van der Waals surface area contributed by atoms with Crippen molar-refractivity contribution in [2.24, 2.45) is 0 Å². The van der Waals surface area contributed by atoms with Crippen molar-refractivity contribution in [3.63, 3.8) is 0 Å². The lowest BCUT2D eigenvalue weighted by molar-refractivity contribution is 0.0896. The van der Waals surface area contributed by atoms with E-state index in [2.05, 4.69) is 58.4 Å². The average molecular weight is 276 g/mol. The van der Waals surface area contributed by atoms with Crippen molar-refractivity contribution in [2.45, 2.75) is 13.1 Å². The minimum absolute atomic E-state index is 0.633. The van der Waals surface area contributed by atoms with E-state index in [0.717, 1.165) is 18.8 Å². The number of rotatable bonds is 2. The highest BCUT2D eigenvalue weighted by atomic mass is 16.5. The van der Waals surface area contributed by atoms with Crippen LogP contribution in [0.1, 0.15) is 11.1 Å². The van der Waals surface area contributed by atoms with Crippen molar-refractivity contribution in [2.75, 3.05) is 6.73 Å². The Bertz CT molecular complexity index is 771. The lowest BCUT2D eigenvalue weighted by Crippen LogP contribution is -2.31. The molecule has 0 saturated carbocycles. The summed E-state index contributed by atoms with van der Waals surface area (Å²) in [6, 6.07) is 16.8. The first kappa shape index (κ1) is 12.4. The van der Waals surface area contributed by atoms with E-state index in [1.807, 2.05) is 12.4 Å². The Kier molecular flexibility index (Phi) is 3.05. The first-order valence-corrected chi connectivity index (χ1v) is 7.15. The van der Waals surface area contributed by atoms with Gasteiger partial charge >= 0.3 is 0 Å². The Labute approximate surface area is 123 Å². The van der Waals surface area contributed by atoms with Crippen molar-refractivity contribution in [1.29, 1.82) is 0 Å². The zero-order valence-corrected chi connectivity index (χ0v) is 11.7. The Morgan fingerprint density at radius 3 is 2.76 bits per heavy atom. The molecule has 1 aliphatic heterocycles. The van der Waals surface area contributed by atoms with Crippen molar-refractivity contribution < 1.29 is 4.74 Å². The molecule has 0 amide bonds. The van der Waals surface area contributed by atoms with Crippen LogP contribution in [0.4, 0.5) is 0 Å². The van der Waals surface area contributed by atoms with Crippen molar-refractivity contribution in [1.82, 2.24) is 9.88 Å². The van der Waals surface area contributed by atoms with Gasteiger partial charge in [0.05, 0.1) is 0 Å². The van der Waals surface area contributed by atoms with Crippen LogP contribution in [-0.2, 0) is 13.1 Å². The smallest absolute Gasteiger partial charge is 0.142 e. The van der Waals surface area contributed by atoms with Gasteiger partial charge in [-0.2, -0.15) is 0 Å². The second-order valence-corrected chi connectivity index (χ2v) is 5.38. The first-order valence-electron chi connectivity index (χ1n) is 7.15. The number of benzene rings is 2. The maximum atomic E-state index is 5.93. The first-order chi connectivity index (χ1) is 10.4. The molecule has 0 bridgehead atoms. The van der Waals surface area contributed by atoms with Gasteiger partial charge < -0.3 is 4.74 Å². The van der Waals surface area contributed by atoms with Crippen molar-refractivity contribution >= 4 is 10.8 Å². The Morgan fingerprint density at radius 2 is 1.86 bits per heavy atom. The largest absolute Gasteiger partial charge is 0.478 e. The fourth-order valence-electron chi connectivity index (χ4n) is 2.89. The van der Waals surface area contributed by atoms with Crippen LogP contribution in [0.5, 0.6) is 5.75 Å². The predicted octanol–water partition coefficient (Wildman–Crippen LogP) is 3.59. The third kappa shape index (κ3) is 2.36. The number of pyridine rings is 1. The fourth-order valence-corrected chi connectivity index (χ4v) is 2.89. The highest BCUT2D eigenvalue weighted by Crippen LogP contribution is 2.32. The van der Waals surface area contributed by atoms with Crippen LogP contribution >= 0.6 is 0 Å². The van der Waals surface area contributed by atoms with Crippen LogP contribution in [0, 0.1) is 0 Å². The molecule has 2 aromatic carbocycles. The summed E-state index contributed by atoms with van der Waals surface area (Å²) >= 11 is 0. The van der Waals surface area contributed by atoms with E-state index in [-0.39, 0.29) is 0 Å². The van der Waals surface area contributed by atoms with Gasteiger partial charge in [0, 0.05) is 31.0 Å². The van der Waals surface area contributed by atoms with Crippen LogP contribution in [0.15, 0.2) is 60.9 Å². The van der Waals surface area contributed by atoms with Gasteiger partial charge in [-0.05, 0) is 34.5 Å². The molecular weight excluding hydrogens is 260 g/mol. The highest BCUT2D eigenvalue weighted by Gasteiger charge is 2.19. The monoisotopic (exact) mass is 276 g/mol. The van der Waals surface area contributed by atoms with Gasteiger partial charge in [0.1, 0.15) is 12.5 Å². The van der Waals surface area contributed by atoms with E-state index >= 15 is 0 Å². The van der Waals surface area contributed by atoms with E-state index < -0.39 is 0 Å². The SMILES string of the molecule is c1ccc2c3c(ccc2c1)OCN(Cc1ccncc1)C3. The zero-order chi connectivity index (χ0) is 14.1. The maximum absolute atomic E-state index is 5.93. The number of ether oxygens (including phenoxy) is 1. The van der Waals surface area contributed by atoms with E-state index in [0.29, 0.717) is 6.73 Å². The molecule has 21 heavy (non-hydrogen) atoms. The van der Waals surface area contributed by atoms with Crippen molar-refractivity contribution in [3.8, 4) is 5.75 Å². The van der Waals surface area contributed by atoms with E-state index in [4.69, 9.17) is 4.74 Å². The molecule has 0 radical (unpaired) electrons. The van der Waals surface area contributed by atoms with Gasteiger partial charge in [-0.15, -0.1) is 0 Å². The number of hydrogen-bond donors (Lipinski definition) is 0. The third-order valence-electron chi connectivity index (χ3n) is 3.94. The molecule has 3 heteroatoms. The molecule has 1 aromatic heterocycles. The summed E-state index contributed by atoms with van der Waals surface area (Å²) in [5, 5.41) is 2.56. The molecule has 2 heterocycles. The number of fused-ring (bicyclic) bond motifs is 3. The molecular formula is C18H16N2O. The number of nitrogens with zero attached hydrogens (tertiary/aromatic N) is 2. The van der Waals surface area contributed by atoms with Gasteiger partial charge in [-0.1, -0.05) is 30.3 Å². The summed E-state index contributed by atoms with van der Waals surface area (Å²) in [7, 11) is 0. The number of hydrogen-bond acceptors (Lipinski definition) is 3. The van der Waals surface area contributed by atoms with E-state index in [1.165, 1.54) is 21.9 Å². The second-order valence-electron chi connectivity index (χ2n) is 5.38. The summed E-state index contributed by atoms with van der Waals surface area (Å²) in [6.45, 7) is 2.43. The quantitative estimate of drug-likeness (QED) is 0.715. The van der Waals surface area contributed by atoms with E-state index in [9.17, 15) is 0 Å². The fraction of sp³-hybridized carbons (Fsp3) is 0.167. The molecule has 0 aliphatic carbocycles.